The monoisotopic (exact) mass is 304 g/mol. The largest absolute Gasteiger partial charge is 0.489 e. The fourth-order valence-corrected chi connectivity index (χ4v) is 2.50. The van der Waals surface area contributed by atoms with Gasteiger partial charge in [0, 0.05) is 11.2 Å². The van der Waals surface area contributed by atoms with Crippen molar-refractivity contribution in [1.29, 1.82) is 0 Å². The Hall–Kier alpha value is -1.58. The number of pyridine rings is 1. The zero-order chi connectivity index (χ0) is 15.2. The molecule has 1 heterocycles. The van der Waals surface area contributed by atoms with E-state index in [1.807, 2.05) is 50.4 Å². The van der Waals surface area contributed by atoms with Crippen molar-refractivity contribution in [3.63, 3.8) is 0 Å². The molecule has 0 aliphatic carbocycles. The first-order chi connectivity index (χ1) is 10.1. The lowest BCUT2D eigenvalue weighted by Crippen LogP contribution is -2.22. The molecule has 0 fully saturated rings. The van der Waals surface area contributed by atoms with Crippen molar-refractivity contribution in [1.82, 2.24) is 10.3 Å². The number of nitrogens with one attached hydrogen (secondary N) is 1. The number of rotatable bonds is 6. The first-order valence-corrected chi connectivity index (χ1v) is 7.59. The highest BCUT2D eigenvalue weighted by Gasteiger charge is 2.17. The summed E-state index contributed by atoms with van der Waals surface area (Å²) in [4.78, 5) is 4.29. The minimum atomic E-state index is 0.00640. The summed E-state index contributed by atoms with van der Waals surface area (Å²) in [7, 11) is 0. The Labute approximate surface area is 131 Å². The van der Waals surface area contributed by atoms with Crippen LogP contribution in [0.3, 0.4) is 0 Å². The molecular formula is C17H21ClN2O. The van der Waals surface area contributed by atoms with Gasteiger partial charge < -0.3 is 10.1 Å². The van der Waals surface area contributed by atoms with Crippen LogP contribution in [0.25, 0.3) is 0 Å². The van der Waals surface area contributed by atoms with Crippen molar-refractivity contribution in [2.45, 2.75) is 32.9 Å². The molecule has 1 aromatic heterocycles. The summed E-state index contributed by atoms with van der Waals surface area (Å²) in [6.07, 6.45) is 3.71. The molecule has 2 rings (SSSR count). The maximum atomic E-state index is 6.34. The van der Waals surface area contributed by atoms with Crippen LogP contribution in [0.4, 0.5) is 0 Å². The average molecular weight is 305 g/mol. The second-order valence-corrected chi connectivity index (χ2v) is 5.54. The number of benzene rings is 1. The molecule has 1 unspecified atom stereocenters. The first-order valence-electron chi connectivity index (χ1n) is 7.21. The van der Waals surface area contributed by atoms with Crippen LogP contribution >= 0.6 is 11.6 Å². The summed E-state index contributed by atoms with van der Waals surface area (Å²) in [6, 6.07) is 9.89. The average Bonchev–Trinajstić information content (AvgIpc) is 2.45. The third-order valence-electron chi connectivity index (χ3n) is 3.06. The van der Waals surface area contributed by atoms with Crippen LogP contribution in [-0.4, -0.2) is 17.6 Å². The molecule has 3 nitrogen and oxygen atoms in total. The van der Waals surface area contributed by atoms with E-state index in [1.165, 1.54) is 0 Å². The van der Waals surface area contributed by atoms with Crippen molar-refractivity contribution >= 4 is 11.6 Å². The molecule has 112 valence electrons. The van der Waals surface area contributed by atoms with Gasteiger partial charge in [-0.3, -0.25) is 4.98 Å². The number of halogens is 1. The Morgan fingerprint density at radius 1 is 1.24 bits per heavy atom. The highest BCUT2D eigenvalue weighted by atomic mass is 35.5. The first kappa shape index (κ1) is 15.8. The highest BCUT2D eigenvalue weighted by Crippen LogP contribution is 2.29. The molecule has 0 amide bonds. The maximum Gasteiger partial charge on any atom is 0.138 e. The Morgan fingerprint density at radius 2 is 2.00 bits per heavy atom. The molecule has 21 heavy (non-hydrogen) atoms. The van der Waals surface area contributed by atoms with Crippen LogP contribution < -0.4 is 10.1 Å². The molecule has 0 aliphatic rings. The van der Waals surface area contributed by atoms with Crippen LogP contribution in [-0.2, 0) is 0 Å². The van der Waals surface area contributed by atoms with E-state index in [0.29, 0.717) is 0 Å². The smallest absolute Gasteiger partial charge is 0.138 e. The van der Waals surface area contributed by atoms with Crippen LogP contribution in [0.5, 0.6) is 5.75 Å². The number of ether oxygens (including phenoxy) is 1. The van der Waals surface area contributed by atoms with E-state index in [1.54, 1.807) is 6.20 Å². The van der Waals surface area contributed by atoms with Crippen molar-refractivity contribution in [3.8, 4) is 5.75 Å². The van der Waals surface area contributed by atoms with Gasteiger partial charge in [0.15, 0.2) is 0 Å². The van der Waals surface area contributed by atoms with Gasteiger partial charge >= 0.3 is 0 Å². The number of hydrogen-bond donors (Lipinski definition) is 1. The second kappa shape index (κ2) is 7.43. The summed E-state index contributed by atoms with van der Waals surface area (Å²) in [5.74, 6) is 0.775. The Kier molecular flexibility index (Phi) is 5.59. The quantitative estimate of drug-likeness (QED) is 0.867. The lowest BCUT2D eigenvalue weighted by molar-refractivity contribution is 0.241. The van der Waals surface area contributed by atoms with Crippen LogP contribution in [0, 0.1) is 0 Å². The van der Waals surface area contributed by atoms with E-state index in [0.717, 1.165) is 28.4 Å². The van der Waals surface area contributed by atoms with Crippen molar-refractivity contribution in [2.75, 3.05) is 6.54 Å². The van der Waals surface area contributed by atoms with E-state index >= 15 is 0 Å². The lowest BCUT2D eigenvalue weighted by atomic mass is 10.00. The SMILES string of the molecule is CCNC(c1cncc(OC(C)C)c1)c1ccccc1Cl. The van der Waals surface area contributed by atoms with Crippen LogP contribution in [0.1, 0.15) is 37.9 Å². The molecule has 4 heteroatoms. The van der Waals surface area contributed by atoms with Crippen LogP contribution in [0.15, 0.2) is 42.7 Å². The number of aromatic nitrogens is 1. The van der Waals surface area contributed by atoms with Gasteiger partial charge in [0.2, 0.25) is 0 Å². The Bertz CT molecular complexity index is 587. The molecule has 1 aromatic carbocycles. The Balaban J connectivity index is 2.36. The zero-order valence-electron chi connectivity index (χ0n) is 12.6. The number of nitrogens with zero attached hydrogens (tertiary/aromatic N) is 1. The summed E-state index contributed by atoms with van der Waals surface area (Å²) in [6.45, 7) is 6.92. The lowest BCUT2D eigenvalue weighted by Gasteiger charge is -2.20. The minimum Gasteiger partial charge on any atom is -0.489 e. The third kappa shape index (κ3) is 4.19. The van der Waals surface area contributed by atoms with Gasteiger partial charge in [-0.05, 0) is 43.7 Å². The van der Waals surface area contributed by atoms with Crippen molar-refractivity contribution in [2.24, 2.45) is 0 Å². The predicted molar refractivity (Wildman–Crippen MR) is 87.0 cm³/mol. The summed E-state index contributed by atoms with van der Waals surface area (Å²) in [5, 5.41) is 4.21. The van der Waals surface area contributed by atoms with Gasteiger partial charge in [-0.15, -0.1) is 0 Å². The van der Waals surface area contributed by atoms with Gasteiger partial charge in [0.1, 0.15) is 5.75 Å². The molecule has 0 bridgehead atoms. The van der Waals surface area contributed by atoms with Gasteiger partial charge in [-0.25, -0.2) is 0 Å². The molecular weight excluding hydrogens is 284 g/mol. The van der Waals surface area contributed by atoms with Gasteiger partial charge in [0.05, 0.1) is 18.3 Å². The zero-order valence-corrected chi connectivity index (χ0v) is 13.4. The third-order valence-corrected chi connectivity index (χ3v) is 3.41. The van der Waals surface area contributed by atoms with E-state index in [2.05, 4.69) is 17.2 Å². The van der Waals surface area contributed by atoms with E-state index in [9.17, 15) is 0 Å². The van der Waals surface area contributed by atoms with Gasteiger partial charge in [-0.2, -0.15) is 0 Å². The molecule has 1 N–H and O–H groups in total. The fourth-order valence-electron chi connectivity index (χ4n) is 2.25. The Morgan fingerprint density at radius 3 is 2.67 bits per heavy atom. The summed E-state index contributed by atoms with van der Waals surface area (Å²) in [5.41, 5.74) is 2.09. The molecule has 0 saturated carbocycles. The molecule has 2 aromatic rings. The normalized spacial score (nSPS) is 12.4. The topological polar surface area (TPSA) is 34.2 Å². The van der Waals surface area contributed by atoms with E-state index in [4.69, 9.17) is 16.3 Å². The van der Waals surface area contributed by atoms with E-state index < -0.39 is 0 Å². The molecule has 0 saturated heterocycles. The fraction of sp³-hybridized carbons (Fsp3) is 0.353. The number of hydrogen-bond acceptors (Lipinski definition) is 3. The van der Waals surface area contributed by atoms with Gasteiger partial charge in [0.25, 0.3) is 0 Å². The predicted octanol–water partition coefficient (Wildman–Crippen LogP) is 4.22. The highest BCUT2D eigenvalue weighted by molar-refractivity contribution is 6.31. The van der Waals surface area contributed by atoms with E-state index in [-0.39, 0.29) is 12.1 Å². The van der Waals surface area contributed by atoms with Gasteiger partial charge in [-0.1, -0.05) is 36.7 Å². The summed E-state index contributed by atoms with van der Waals surface area (Å²) < 4.78 is 5.73. The molecule has 1 atom stereocenters. The molecule has 0 aliphatic heterocycles. The molecule has 0 spiro atoms. The van der Waals surface area contributed by atoms with Crippen molar-refractivity contribution < 1.29 is 4.74 Å². The van der Waals surface area contributed by atoms with Crippen molar-refractivity contribution in [3.05, 3.63) is 58.9 Å². The van der Waals surface area contributed by atoms with Crippen LogP contribution in [0.2, 0.25) is 5.02 Å². The second-order valence-electron chi connectivity index (χ2n) is 5.13. The standard InChI is InChI=1S/C17H21ClN2O/c1-4-20-17(15-7-5-6-8-16(15)18)13-9-14(11-19-10-13)21-12(2)3/h5-12,17,20H,4H2,1-3H3. The summed E-state index contributed by atoms with van der Waals surface area (Å²) >= 11 is 6.34. The molecule has 0 radical (unpaired) electrons. The maximum absolute atomic E-state index is 6.34. The minimum absolute atomic E-state index is 0.00640.